The third-order valence-electron chi connectivity index (χ3n) is 3.67. The van der Waals surface area contributed by atoms with Gasteiger partial charge in [-0.1, -0.05) is 19.3 Å². The first-order valence-electron chi connectivity index (χ1n) is 7.36. The highest BCUT2D eigenvalue weighted by molar-refractivity contribution is 6.02. The number of H-pyrrole nitrogens is 1. The Balaban J connectivity index is 2.27. The first-order chi connectivity index (χ1) is 10.5. The number of carbonyl (C=O) groups is 2. The van der Waals surface area contributed by atoms with Gasteiger partial charge in [0.1, 0.15) is 5.56 Å². The Hall–Kier alpha value is -2.38. The zero-order chi connectivity index (χ0) is 16.1. The first kappa shape index (κ1) is 16.0. The minimum absolute atomic E-state index is 0.0350. The van der Waals surface area contributed by atoms with E-state index in [1.807, 2.05) is 5.32 Å². The molecule has 1 heterocycles. The topological polar surface area (TPSA) is 110 Å². The van der Waals surface area contributed by atoms with Crippen molar-refractivity contribution >= 4 is 12.0 Å². The van der Waals surface area contributed by atoms with E-state index in [1.54, 1.807) is 6.92 Å². The van der Waals surface area contributed by atoms with Gasteiger partial charge in [-0.3, -0.25) is 24.5 Å². The summed E-state index contributed by atoms with van der Waals surface area (Å²) in [5, 5.41) is 1.95. The second kappa shape index (κ2) is 7.06. The van der Waals surface area contributed by atoms with Crippen molar-refractivity contribution in [3.8, 4) is 0 Å². The van der Waals surface area contributed by atoms with Crippen molar-refractivity contribution in [2.75, 3.05) is 6.61 Å². The van der Waals surface area contributed by atoms with Gasteiger partial charge in [0.05, 0.1) is 6.61 Å². The Morgan fingerprint density at radius 1 is 1.32 bits per heavy atom. The summed E-state index contributed by atoms with van der Waals surface area (Å²) in [4.78, 5) is 49.0. The summed E-state index contributed by atoms with van der Waals surface area (Å²) in [6, 6.07) is -0.0350. The number of imide groups is 1. The SMILES string of the molecule is CCOC(=O)NC(=O)c1cn(C2CCCCC2)c(=O)[nH]c1=O. The minimum Gasteiger partial charge on any atom is -0.450 e. The van der Waals surface area contributed by atoms with Crippen LogP contribution in [-0.4, -0.2) is 28.2 Å². The molecule has 1 aromatic rings. The molecule has 0 bridgehead atoms. The molecule has 2 N–H and O–H groups in total. The molecule has 1 saturated carbocycles. The fourth-order valence-corrected chi connectivity index (χ4v) is 2.60. The van der Waals surface area contributed by atoms with Crippen LogP contribution in [0.15, 0.2) is 15.8 Å². The highest BCUT2D eigenvalue weighted by Crippen LogP contribution is 2.26. The number of rotatable bonds is 3. The maximum Gasteiger partial charge on any atom is 0.414 e. The predicted molar refractivity (Wildman–Crippen MR) is 77.9 cm³/mol. The lowest BCUT2D eigenvalue weighted by Crippen LogP contribution is -2.40. The molecule has 8 heteroatoms. The number of nitrogens with one attached hydrogen (secondary N) is 2. The van der Waals surface area contributed by atoms with Crippen LogP contribution in [0.2, 0.25) is 0 Å². The van der Waals surface area contributed by atoms with Gasteiger partial charge in [0.15, 0.2) is 0 Å². The van der Waals surface area contributed by atoms with Gasteiger partial charge >= 0.3 is 11.8 Å². The lowest BCUT2D eigenvalue weighted by atomic mass is 9.95. The zero-order valence-corrected chi connectivity index (χ0v) is 12.4. The molecule has 0 saturated heterocycles. The summed E-state index contributed by atoms with van der Waals surface area (Å²) in [7, 11) is 0. The van der Waals surface area contributed by atoms with E-state index in [9.17, 15) is 19.2 Å². The fourth-order valence-electron chi connectivity index (χ4n) is 2.60. The number of aromatic amines is 1. The van der Waals surface area contributed by atoms with Gasteiger partial charge in [-0.2, -0.15) is 0 Å². The van der Waals surface area contributed by atoms with E-state index in [-0.39, 0.29) is 18.2 Å². The van der Waals surface area contributed by atoms with Crippen molar-refractivity contribution in [3.05, 3.63) is 32.6 Å². The average molecular weight is 309 g/mol. The van der Waals surface area contributed by atoms with E-state index in [4.69, 9.17) is 0 Å². The van der Waals surface area contributed by atoms with E-state index in [2.05, 4.69) is 9.72 Å². The highest BCUT2D eigenvalue weighted by Gasteiger charge is 2.21. The van der Waals surface area contributed by atoms with Crippen molar-refractivity contribution in [3.63, 3.8) is 0 Å². The molecule has 22 heavy (non-hydrogen) atoms. The van der Waals surface area contributed by atoms with Gasteiger partial charge in [0.25, 0.3) is 11.5 Å². The average Bonchev–Trinajstić information content (AvgIpc) is 2.48. The Morgan fingerprint density at radius 3 is 2.64 bits per heavy atom. The van der Waals surface area contributed by atoms with Crippen LogP contribution in [0.1, 0.15) is 55.4 Å². The van der Waals surface area contributed by atoms with Crippen LogP contribution in [0.5, 0.6) is 0 Å². The molecule has 0 aromatic carbocycles. The van der Waals surface area contributed by atoms with E-state index >= 15 is 0 Å². The number of carbonyl (C=O) groups excluding carboxylic acids is 2. The van der Waals surface area contributed by atoms with Crippen LogP contribution in [0.3, 0.4) is 0 Å². The van der Waals surface area contributed by atoms with E-state index in [1.165, 1.54) is 10.8 Å². The first-order valence-corrected chi connectivity index (χ1v) is 7.36. The molecule has 120 valence electrons. The number of ether oxygens (including phenoxy) is 1. The molecule has 2 rings (SSSR count). The van der Waals surface area contributed by atoms with Crippen LogP contribution in [0.25, 0.3) is 0 Å². The monoisotopic (exact) mass is 309 g/mol. The zero-order valence-electron chi connectivity index (χ0n) is 12.4. The van der Waals surface area contributed by atoms with Crippen LogP contribution < -0.4 is 16.6 Å². The quantitative estimate of drug-likeness (QED) is 0.863. The second-order valence-electron chi connectivity index (χ2n) is 5.18. The molecule has 1 aliphatic rings. The van der Waals surface area contributed by atoms with Gasteiger partial charge in [-0.25, -0.2) is 9.59 Å². The van der Waals surface area contributed by atoms with Crippen LogP contribution in [0, 0.1) is 0 Å². The number of alkyl carbamates (subject to hydrolysis) is 1. The third kappa shape index (κ3) is 3.63. The number of nitrogens with zero attached hydrogens (tertiary/aromatic N) is 1. The maximum absolute atomic E-state index is 11.9. The summed E-state index contributed by atoms with van der Waals surface area (Å²) >= 11 is 0. The maximum atomic E-state index is 11.9. The van der Waals surface area contributed by atoms with Crippen molar-refractivity contribution in [1.82, 2.24) is 14.9 Å². The molecule has 8 nitrogen and oxygen atoms in total. The van der Waals surface area contributed by atoms with Crippen molar-refractivity contribution < 1.29 is 14.3 Å². The largest absolute Gasteiger partial charge is 0.450 e. The van der Waals surface area contributed by atoms with Gasteiger partial charge in [-0.15, -0.1) is 0 Å². The number of aromatic nitrogens is 2. The minimum atomic E-state index is -0.928. The van der Waals surface area contributed by atoms with Crippen molar-refractivity contribution in [2.45, 2.75) is 45.1 Å². The summed E-state index contributed by atoms with van der Waals surface area (Å²) in [6.45, 7) is 1.71. The lowest BCUT2D eigenvalue weighted by molar-refractivity contribution is 0.0922. The molecule has 0 radical (unpaired) electrons. The molecular weight excluding hydrogens is 290 g/mol. The van der Waals surface area contributed by atoms with Gasteiger partial charge in [0.2, 0.25) is 0 Å². The normalized spacial score (nSPS) is 15.3. The third-order valence-corrected chi connectivity index (χ3v) is 3.67. The lowest BCUT2D eigenvalue weighted by Gasteiger charge is -2.23. The molecule has 1 aliphatic carbocycles. The van der Waals surface area contributed by atoms with Gasteiger partial charge in [-0.05, 0) is 19.8 Å². The van der Waals surface area contributed by atoms with E-state index in [0.717, 1.165) is 32.1 Å². The Kier molecular flexibility index (Phi) is 5.13. The van der Waals surface area contributed by atoms with Gasteiger partial charge < -0.3 is 4.74 Å². The summed E-state index contributed by atoms with van der Waals surface area (Å²) in [5.74, 6) is -0.885. The molecule has 2 amide bonds. The molecular formula is C14H19N3O5. The standard InChI is InChI=1S/C14H19N3O5/c1-2-22-14(21)16-12(19)10-8-17(13(20)15-11(10)18)9-6-4-3-5-7-9/h8-9H,2-7H2,1H3,(H,15,18,20)(H,16,19,21). The van der Waals surface area contributed by atoms with Crippen molar-refractivity contribution in [2.24, 2.45) is 0 Å². The molecule has 0 unspecified atom stereocenters. The van der Waals surface area contributed by atoms with Crippen LogP contribution >= 0.6 is 0 Å². The Labute approximate surface area is 126 Å². The summed E-state index contributed by atoms with van der Waals surface area (Å²) < 4.78 is 5.97. The summed E-state index contributed by atoms with van der Waals surface area (Å²) in [6.07, 6.45) is 5.07. The van der Waals surface area contributed by atoms with E-state index < -0.39 is 23.2 Å². The van der Waals surface area contributed by atoms with E-state index in [0.29, 0.717) is 0 Å². The van der Waals surface area contributed by atoms with Crippen LogP contribution in [0.4, 0.5) is 4.79 Å². The smallest absolute Gasteiger partial charge is 0.414 e. The molecule has 1 aromatic heterocycles. The Bertz CT molecular complexity index is 670. The predicted octanol–water partition coefficient (Wildman–Crippen LogP) is 0.928. The number of hydrogen-bond donors (Lipinski definition) is 2. The molecule has 0 atom stereocenters. The second-order valence-corrected chi connectivity index (χ2v) is 5.18. The Morgan fingerprint density at radius 2 is 2.00 bits per heavy atom. The highest BCUT2D eigenvalue weighted by atomic mass is 16.5. The fraction of sp³-hybridized carbons (Fsp3) is 0.571. The molecule has 0 spiro atoms. The van der Waals surface area contributed by atoms with Crippen molar-refractivity contribution in [1.29, 1.82) is 0 Å². The number of hydrogen-bond acceptors (Lipinski definition) is 5. The molecule has 0 aliphatic heterocycles. The summed E-state index contributed by atoms with van der Waals surface area (Å²) in [5.41, 5.74) is -1.64. The number of amides is 2. The van der Waals surface area contributed by atoms with Gasteiger partial charge in [0, 0.05) is 12.2 Å². The molecule has 1 fully saturated rings. The van der Waals surface area contributed by atoms with Crippen LogP contribution in [-0.2, 0) is 4.74 Å².